The number of para-hydroxylation sites is 1. The normalized spacial score (nSPS) is 10.9. The quantitative estimate of drug-likeness (QED) is 0.329. The third kappa shape index (κ3) is 4.91. The molecule has 2 aromatic heterocycles. The van der Waals surface area contributed by atoms with Gasteiger partial charge in [-0.05, 0) is 36.8 Å². The van der Waals surface area contributed by atoms with Crippen molar-refractivity contribution in [3.05, 3.63) is 113 Å². The molecular weight excluding hydrogens is 454 g/mol. The Balaban J connectivity index is 1.36. The maximum atomic E-state index is 13.2. The van der Waals surface area contributed by atoms with Gasteiger partial charge < -0.3 is 11.1 Å². The van der Waals surface area contributed by atoms with Crippen molar-refractivity contribution in [2.24, 2.45) is 5.73 Å². The molecule has 0 aliphatic heterocycles. The van der Waals surface area contributed by atoms with Crippen LogP contribution in [0.5, 0.6) is 0 Å². The summed E-state index contributed by atoms with van der Waals surface area (Å²) >= 11 is 1.56. The molecule has 0 spiro atoms. The van der Waals surface area contributed by atoms with Crippen LogP contribution in [-0.4, -0.2) is 20.7 Å². The highest BCUT2D eigenvalue weighted by molar-refractivity contribution is 7.13. The van der Waals surface area contributed by atoms with Gasteiger partial charge in [0.15, 0.2) is 0 Å². The van der Waals surface area contributed by atoms with E-state index in [-0.39, 0.29) is 5.91 Å². The van der Waals surface area contributed by atoms with Crippen LogP contribution in [0.3, 0.4) is 0 Å². The van der Waals surface area contributed by atoms with E-state index in [1.165, 1.54) is 0 Å². The Morgan fingerprint density at radius 2 is 1.74 bits per heavy atom. The van der Waals surface area contributed by atoms with E-state index in [1.54, 1.807) is 11.3 Å². The Labute approximate surface area is 208 Å². The zero-order chi connectivity index (χ0) is 24.2. The molecule has 174 valence electrons. The minimum atomic E-state index is -0.152. The average Bonchev–Trinajstić information content (AvgIpc) is 3.54. The number of hydrogen-bond acceptors (Lipinski definition) is 5. The Kier molecular flexibility index (Phi) is 6.52. The highest BCUT2D eigenvalue weighted by Crippen LogP contribution is 2.28. The van der Waals surface area contributed by atoms with Crippen LogP contribution >= 0.6 is 11.3 Å². The number of nitrogens with two attached hydrogens (primary N) is 1. The van der Waals surface area contributed by atoms with Gasteiger partial charge in [-0.1, -0.05) is 60.7 Å². The molecule has 0 aliphatic carbocycles. The Morgan fingerprint density at radius 3 is 2.51 bits per heavy atom. The van der Waals surface area contributed by atoms with Gasteiger partial charge in [-0.3, -0.25) is 4.79 Å². The predicted molar refractivity (Wildman–Crippen MR) is 140 cm³/mol. The van der Waals surface area contributed by atoms with Crippen LogP contribution in [0.1, 0.15) is 27.3 Å². The summed E-state index contributed by atoms with van der Waals surface area (Å²) in [4.78, 5) is 17.9. The molecule has 3 aromatic carbocycles. The number of thiazole rings is 1. The number of amides is 1. The van der Waals surface area contributed by atoms with Crippen molar-refractivity contribution in [2.75, 3.05) is 0 Å². The van der Waals surface area contributed by atoms with E-state index in [0.29, 0.717) is 18.7 Å². The number of rotatable bonds is 7. The monoisotopic (exact) mass is 479 g/mol. The third-order valence-corrected chi connectivity index (χ3v) is 6.64. The maximum Gasteiger partial charge on any atom is 0.252 e. The fourth-order valence-corrected chi connectivity index (χ4v) is 4.76. The van der Waals surface area contributed by atoms with E-state index >= 15 is 0 Å². The van der Waals surface area contributed by atoms with Gasteiger partial charge in [-0.25, -0.2) is 9.67 Å². The van der Waals surface area contributed by atoms with Gasteiger partial charge in [0.1, 0.15) is 5.01 Å². The number of carbonyl (C=O) groups excluding carboxylic acids is 1. The van der Waals surface area contributed by atoms with Gasteiger partial charge in [0, 0.05) is 28.6 Å². The van der Waals surface area contributed by atoms with Crippen LogP contribution < -0.4 is 11.1 Å². The van der Waals surface area contributed by atoms with Crippen LogP contribution in [0, 0.1) is 6.92 Å². The summed E-state index contributed by atoms with van der Waals surface area (Å²) in [5.74, 6) is -0.152. The highest BCUT2D eigenvalue weighted by atomic mass is 32.1. The Hall–Kier alpha value is -4.07. The molecule has 35 heavy (non-hydrogen) atoms. The number of benzene rings is 3. The molecule has 0 saturated carbocycles. The summed E-state index contributed by atoms with van der Waals surface area (Å²) < 4.78 is 1.88. The average molecular weight is 480 g/mol. The van der Waals surface area contributed by atoms with Gasteiger partial charge in [0.25, 0.3) is 5.91 Å². The summed E-state index contributed by atoms with van der Waals surface area (Å²) in [5.41, 5.74) is 12.8. The number of aromatic nitrogens is 3. The van der Waals surface area contributed by atoms with Gasteiger partial charge in [-0.2, -0.15) is 5.10 Å². The number of aryl methyl sites for hydroxylation is 1. The smallest absolute Gasteiger partial charge is 0.252 e. The second-order valence-electron chi connectivity index (χ2n) is 8.19. The van der Waals surface area contributed by atoms with Crippen LogP contribution in [-0.2, 0) is 13.1 Å². The Bertz CT molecular complexity index is 1450. The molecule has 2 heterocycles. The first kappa shape index (κ1) is 22.7. The summed E-state index contributed by atoms with van der Waals surface area (Å²) in [5, 5.41) is 10.6. The number of hydrogen-bond donors (Lipinski definition) is 2. The van der Waals surface area contributed by atoms with Crippen LogP contribution in [0.4, 0.5) is 0 Å². The first-order valence-electron chi connectivity index (χ1n) is 11.4. The van der Waals surface area contributed by atoms with Gasteiger partial charge in [-0.15, -0.1) is 11.3 Å². The predicted octanol–water partition coefficient (Wildman–Crippen LogP) is 5.36. The molecule has 0 bridgehead atoms. The van der Waals surface area contributed by atoms with E-state index in [0.717, 1.165) is 44.5 Å². The maximum absolute atomic E-state index is 13.2. The van der Waals surface area contributed by atoms with Crippen molar-refractivity contribution in [2.45, 2.75) is 20.0 Å². The molecule has 0 fully saturated rings. The van der Waals surface area contributed by atoms with Gasteiger partial charge in [0.2, 0.25) is 0 Å². The number of nitrogens with one attached hydrogen (secondary N) is 1. The summed E-state index contributed by atoms with van der Waals surface area (Å²) in [6, 6.07) is 27.6. The minimum absolute atomic E-state index is 0.152. The number of nitrogens with zero attached hydrogens (tertiary/aromatic N) is 3. The van der Waals surface area contributed by atoms with Crippen molar-refractivity contribution in [3.63, 3.8) is 0 Å². The van der Waals surface area contributed by atoms with E-state index in [4.69, 9.17) is 10.7 Å². The molecule has 5 rings (SSSR count). The minimum Gasteiger partial charge on any atom is -0.346 e. The molecule has 5 aromatic rings. The Morgan fingerprint density at radius 1 is 1.00 bits per heavy atom. The molecular formula is C28H25N5OS. The van der Waals surface area contributed by atoms with E-state index in [1.807, 2.05) is 102 Å². The molecule has 0 atom stereocenters. The highest BCUT2D eigenvalue weighted by Gasteiger charge is 2.17. The molecule has 7 heteroatoms. The van der Waals surface area contributed by atoms with E-state index < -0.39 is 0 Å². The molecule has 0 aliphatic rings. The zero-order valence-corrected chi connectivity index (χ0v) is 20.1. The van der Waals surface area contributed by atoms with Gasteiger partial charge in [0.05, 0.1) is 29.3 Å². The van der Waals surface area contributed by atoms with Crippen LogP contribution in [0.25, 0.3) is 27.5 Å². The van der Waals surface area contributed by atoms with Gasteiger partial charge >= 0.3 is 0 Å². The molecule has 0 radical (unpaired) electrons. The van der Waals surface area contributed by atoms with Crippen LogP contribution in [0.15, 0.2) is 90.3 Å². The van der Waals surface area contributed by atoms with Crippen molar-refractivity contribution >= 4 is 17.2 Å². The third-order valence-electron chi connectivity index (χ3n) is 5.70. The molecule has 3 N–H and O–H groups in total. The number of carbonyl (C=O) groups is 1. The second kappa shape index (κ2) is 10.0. The lowest BCUT2D eigenvalue weighted by atomic mass is 10.0. The fourth-order valence-electron chi connectivity index (χ4n) is 3.93. The summed E-state index contributed by atoms with van der Waals surface area (Å²) in [7, 11) is 0. The van der Waals surface area contributed by atoms with Crippen molar-refractivity contribution in [1.82, 2.24) is 20.1 Å². The topological polar surface area (TPSA) is 85.8 Å². The van der Waals surface area contributed by atoms with Crippen molar-refractivity contribution < 1.29 is 4.79 Å². The lowest BCUT2D eigenvalue weighted by Crippen LogP contribution is -2.23. The fraction of sp³-hybridized carbons (Fsp3) is 0.107. The van der Waals surface area contributed by atoms with Crippen molar-refractivity contribution in [1.29, 1.82) is 0 Å². The lowest BCUT2D eigenvalue weighted by molar-refractivity contribution is 0.0951. The van der Waals surface area contributed by atoms with E-state index in [9.17, 15) is 4.79 Å². The van der Waals surface area contributed by atoms with Crippen LogP contribution in [0.2, 0.25) is 0 Å². The molecule has 1 amide bonds. The molecule has 0 saturated heterocycles. The van der Waals surface area contributed by atoms with E-state index in [2.05, 4.69) is 10.4 Å². The largest absolute Gasteiger partial charge is 0.346 e. The van der Waals surface area contributed by atoms with Crippen molar-refractivity contribution in [3.8, 4) is 27.5 Å². The molecule has 0 unspecified atom stereocenters. The second-order valence-corrected chi connectivity index (χ2v) is 9.05. The first-order chi connectivity index (χ1) is 17.1. The molecule has 6 nitrogen and oxygen atoms in total. The first-order valence-corrected chi connectivity index (χ1v) is 12.2. The SMILES string of the molecule is Cc1cc(-c2ccccc2C(=O)NCc2csc(-c3ccc(CN)cc3)n2)n(-c2ccccc2)n1. The lowest BCUT2D eigenvalue weighted by Gasteiger charge is -2.12. The summed E-state index contributed by atoms with van der Waals surface area (Å²) in [6.45, 7) is 2.82. The summed E-state index contributed by atoms with van der Waals surface area (Å²) in [6.07, 6.45) is 0. The standard InChI is InChI=1S/C28H25N5OS/c1-19-15-26(33(32-19)23-7-3-2-4-8-23)24-9-5-6-10-25(24)27(34)30-17-22-18-35-28(31-22)21-13-11-20(16-29)12-14-21/h2-15,18H,16-17,29H2,1H3,(H,30,34). The zero-order valence-electron chi connectivity index (χ0n) is 19.3.